The quantitative estimate of drug-likeness (QED) is 0.0836. The number of nitrogens with zero attached hydrogens (tertiary/aromatic N) is 5. The summed E-state index contributed by atoms with van der Waals surface area (Å²) in [6, 6.07) is 43.3. The molecule has 0 amide bonds. The summed E-state index contributed by atoms with van der Waals surface area (Å²) in [5.74, 6) is -3.98. The van der Waals surface area contributed by atoms with Gasteiger partial charge in [-0.2, -0.15) is 15.8 Å². The lowest BCUT2D eigenvalue weighted by atomic mass is 10.1. The highest BCUT2D eigenvalue weighted by atomic mass is 16.4. The number of rotatable bonds is 12. The van der Waals surface area contributed by atoms with E-state index in [4.69, 9.17) is 0 Å². The number of anilines is 6. The first-order valence-corrected chi connectivity index (χ1v) is 15.7. The first-order chi connectivity index (χ1) is 25.6. The second-order valence-corrected chi connectivity index (χ2v) is 11.2. The molecule has 0 unspecified atom stereocenters. The SMILES string of the molecule is N#C/C(=C/c1ccc(N(c2ccccc2)c2ccc(N(c3ccc(/C=C(/C#N)C(=O)O)cc3)c3ccc(/C=C(\C#N)C(=O)O)cc3)cc2)cc1)C(=O)O. The maximum absolute atomic E-state index is 11.4. The van der Waals surface area contributed by atoms with Gasteiger partial charge in [-0.05, 0) is 108 Å². The van der Waals surface area contributed by atoms with E-state index in [1.54, 1.807) is 78.9 Å². The third-order valence-corrected chi connectivity index (χ3v) is 7.82. The molecule has 53 heavy (non-hydrogen) atoms. The van der Waals surface area contributed by atoms with Crippen molar-refractivity contribution in [1.82, 2.24) is 0 Å². The Balaban J connectivity index is 1.57. The van der Waals surface area contributed by atoms with Crippen molar-refractivity contribution in [3.05, 3.63) is 161 Å². The molecule has 0 aliphatic rings. The number of nitriles is 3. The molecule has 0 radical (unpaired) electrons. The van der Waals surface area contributed by atoms with Crippen LogP contribution in [0, 0.1) is 34.0 Å². The van der Waals surface area contributed by atoms with Gasteiger partial charge in [-0.25, -0.2) is 14.4 Å². The predicted octanol–water partition coefficient (Wildman–Crippen LogP) is 8.60. The number of carbonyl (C=O) groups is 3. The number of hydrogen-bond donors (Lipinski definition) is 3. The average Bonchev–Trinajstić information content (AvgIpc) is 3.17. The van der Waals surface area contributed by atoms with Crippen LogP contribution in [0.4, 0.5) is 34.1 Å². The van der Waals surface area contributed by atoms with E-state index in [2.05, 4.69) is 0 Å². The van der Waals surface area contributed by atoms with E-state index >= 15 is 0 Å². The smallest absolute Gasteiger partial charge is 0.346 e. The van der Waals surface area contributed by atoms with Gasteiger partial charge in [0.1, 0.15) is 34.9 Å². The number of aliphatic carboxylic acids is 3. The second kappa shape index (κ2) is 16.5. The van der Waals surface area contributed by atoms with E-state index in [0.717, 1.165) is 22.7 Å². The monoisotopic (exact) mass is 697 g/mol. The molecule has 0 atom stereocenters. The summed E-state index contributed by atoms with van der Waals surface area (Å²) in [5.41, 5.74) is 4.90. The van der Waals surface area contributed by atoms with E-state index in [9.17, 15) is 45.5 Å². The van der Waals surface area contributed by atoms with Gasteiger partial charge in [0.15, 0.2) is 0 Å². The number of para-hydroxylation sites is 1. The fourth-order valence-corrected chi connectivity index (χ4v) is 5.31. The van der Waals surface area contributed by atoms with E-state index in [0.29, 0.717) is 28.1 Å². The maximum atomic E-state index is 11.4. The van der Waals surface area contributed by atoms with E-state index in [-0.39, 0.29) is 5.57 Å². The van der Waals surface area contributed by atoms with Crippen molar-refractivity contribution in [3.63, 3.8) is 0 Å². The number of benzene rings is 5. The molecule has 11 heteroatoms. The van der Waals surface area contributed by atoms with Crippen LogP contribution in [0.25, 0.3) is 18.2 Å². The topological polar surface area (TPSA) is 190 Å². The van der Waals surface area contributed by atoms with Gasteiger partial charge >= 0.3 is 17.9 Å². The van der Waals surface area contributed by atoms with Crippen LogP contribution in [0.15, 0.2) is 144 Å². The molecular weight excluding hydrogens is 670 g/mol. The molecule has 0 saturated heterocycles. The van der Waals surface area contributed by atoms with Crippen molar-refractivity contribution in [2.24, 2.45) is 0 Å². The highest BCUT2D eigenvalue weighted by Gasteiger charge is 2.17. The van der Waals surface area contributed by atoms with Crippen LogP contribution in [0.2, 0.25) is 0 Å². The molecule has 3 N–H and O–H groups in total. The van der Waals surface area contributed by atoms with Crippen molar-refractivity contribution < 1.29 is 29.7 Å². The van der Waals surface area contributed by atoms with Crippen molar-refractivity contribution in [1.29, 1.82) is 15.8 Å². The molecular formula is C42H27N5O6. The summed E-state index contributed by atoms with van der Waals surface area (Å²) in [4.78, 5) is 38.1. The lowest BCUT2D eigenvalue weighted by molar-refractivity contribution is -0.133. The molecule has 5 rings (SSSR count). The standard InChI is InChI=1S/C42H27N5O6/c43-25-31(40(48)49)22-28-6-12-35(13-7-28)46(34-4-2-1-3-5-34)38-18-20-39(21-19-38)47(36-14-8-29(9-15-36)23-32(26-44)41(50)51)37-16-10-30(11-17-37)24-33(27-45)42(52)53/h1-24H,(H,48,49)(H,50,51)(H,52,53)/b31-22-,32-23-,33-24+. The van der Waals surface area contributed by atoms with Crippen LogP contribution in [0.5, 0.6) is 0 Å². The maximum Gasteiger partial charge on any atom is 0.346 e. The number of hydrogen-bond acceptors (Lipinski definition) is 8. The lowest BCUT2D eigenvalue weighted by Gasteiger charge is -2.28. The molecule has 11 nitrogen and oxygen atoms in total. The van der Waals surface area contributed by atoms with Crippen LogP contribution < -0.4 is 9.80 Å². The van der Waals surface area contributed by atoms with Crippen LogP contribution in [-0.2, 0) is 14.4 Å². The minimum Gasteiger partial charge on any atom is -0.477 e. The summed E-state index contributed by atoms with van der Waals surface area (Å²) < 4.78 is 0. The van der Waals surface area contributed by atoms with Gasteiger partial charge in [0.05, 0.1) is 0 Å². The Morgan fingerprint density at radius 2 is 0.623 bits per heavy atom. The molecule has 5 aromatic rings. The number of carboxylic acid groups (broad SMARTS) is 3. The van der Waals surface area contributed by atoms with Gasteiger partial charge < -0.3 is 25.1 Å². The third kappa shape index (κ3) is 8.70. The fourth-order valence-electron chi connectivity index (χ4n) is 5.31. The van der Waals surface area contributed by atoms with Crippen molar-refractivity contribution in [2.75, 3.05) is 9.80 Å². The Labute approximate surface area is 304 Å². The highest BCUT2D eigenvalue weighted by molar-refractivity contribution is 5.98. The van der Waals surface area contributed by atoms with Crippen molar-refractivity contribution in [2.45, 2.75) is 0 Å². The zero-order valence-corrected chi connectivity index (χ0v) is 27.7. The average molecular weight is 698 g/mol. The largest absolute Gasteiger partial charge is 0.477 e. The molecule has 0 heterocycles. The van der Waals surface area contributed by atoms with Gasteiger partial charge in [-0.3, -0.25) is 0 Å². The summed E-state index contributed by atoms with van der Waals surface area (Å²) in [5, 5.41) is 55.4. The van der Waals surface area contributed by atoms with Gasteiger partial charge in [0.2, 0.25) is 0 Å². The predicted molar refractivity (Wildman–Crippen MR) is 199 cm³/mol. The Morgan fingerprint density at radius 1 is 0.396 bits per heavy atom. The first-order valence-electron chi connectivity index (χ1n) is 15.7. The van der Waals surface area contributed by atoms with Crippen LogP contribution in [-0.4, -0.2) is 33.2 Å². The molecule has 0 spiro atoms. The normalized spacial score (nSPS) is 11.4. The van der Waals surface area contributed by atoms with Crippen LogP contribution >= 0.6 is 0 Å². The Bertz CT molecular complexity index is 2290. The molecule has 0 aliphatic carbocycles. The first kappa shape index (κ1) is 36.1. The summed E-state index contributed by atoms with van der Waals surface area (Å²) in [6.07, 6.45) is 3.85. The van der Waals surface area contributed by atoms with Gasteiger partial charge in [0, 0.05) is 34.1 Å². The second-order valence-electron chi connectivity index (χ2n) is 11.2. The van der Waals surface area contributed by atoms with Crippen molar-refractivity contribution >= 4 is 70.3 Å². The molecule has 0 aliphatic heterocycles. The number of carboxylic acids is 3. The summed E-state index contributed by atoms with van der Waals surface area (Å²) >= 11 is 0. The molecule has 0 fully saturated rings. The van der Waals surface area contributed by atoms with Gasteiger partial charge in [-0.1, -0.05) is 54.6 Å². The van der Waals surface area contributed by atoms with Crippen LogP contribution in [0.1, 0.15) is 16.7 Å². The van der Waals surface area contributed by atoms with Crippen LogP contribution in [0.3, 0.4) is 0 Å². The Kier molecular flexibility index (Phi) is 11.2. The molecule has 0 aromatic heterocycles. The minimum atomic E-state index is -1.33. The Hall–Kier alpha value is -8.20. The van der Waals surface area contributed by atoms with E-state index in [1.165, 1.54) is 18.2 Å². The van der Waals surface area contributed by atoms with Gasteiger partial charge in [0.25, 0.3) is 0 Å². The summed E-state index contributed by atoms with van der Waals surface area (Å²) in [7, 11) is 0. The molecule has 256 valence electrons. The Morgan fingerprint density at radius 3 is 0.849 bits per heavy atom. The lowest BCUT2D eigenvalue weighted by Crippen LogP contribution is -2.12. The molecule has 0 saturated carbocycles. The minimum absolute atomic E-state index is 0.380. The third-order valence-electron chi connectivity index (χ3n) is 7.82. The fraction of sp³-hybridized carbons (Fsp3) is 0. The highest BCUT2D eigenvalue weighted by Crippen LogP contribution is 2.39. The zero-order chi connectivity index (χ0) is 37.9. The molecule has 0 bridgehead atoms. The van der Waals surface area contributed by atoms with Crippen molar-refractivity contribution in [3.8, 4) is 18.2 Å². The van der Waals surface area contributed by atoms with Gasteiger partial charge in [-0.15, -0.1) is 0 Å². The van der Waals surface area contributed by atoms with E-state index in [1.807, 2.05) is 76.5 Å². The molecule has 5 aromatic carbocycles. The summed E-state index contributed by atoms with van der Waals surface area (Å²) in [6.45, 7) is 0. The van der Waals surface area contributed by atoms with E-state index < -0.39 is 29.1 Å². The zero-order valence-electron chi connectivity index (χ0n) is 27.7.